The second kappa shape index (κ2) is 10.0. The molecule has 0 N–H and O–H groups in total. The van der Waals surface area contributed by atoms with Crippen molar-refractivity contribution in [2.24, 2.45) is 0 Å². The van der Waals surface area contributed by atoms with Gasteiger partial charge in [-0.3, -0.25) is 0 Å². The highest BCUT2D eigenvalue weighted by atomic mass is 15.2. The van der Waals surface area contributed by atoms with E-state index in [2.05, 4.69) is 157 Å². The van der Waals surface area contributed by atoms with Crippen LogP contribution in [0.1, 0.15) is 34.3 Å². The lowest BCUT2D eigenvalue weighted by Crippen LogP contribution is -2.34. The summed E-state index contributed by atoms with van der Waals surface area (Å²) >= 11 is 0. The van der Waals surface area contributed by atoms with E-state index in [1.165, 1.54) is 27.9 Å². The first-order valence-electron chi connectivity index (χ1n) is 11.4. The number of para-hydroxylation sites is 1. The van der Waals surface area contributed by atoms with Gasteiger partial charge in [-0.25, -0.2) is 0 Å². The van der Waals surface area contributed by atoms with E-state index in [0.717, 1.165) is 0 Å². The molecule has 5 aromatic rings. The third kappa shape index (κ3) is 4.58. The van der Waals surface area contributed by atoms with E-state index >= 15 is 0 Å². The number of rotatable bonds is 7. The fourth-order valence-corrected chi connectivity index (χ4v) is 4.62. The van der Waals surface area contributed by atoms with E-state index in [1.807, 2.05) is 0 Å². The Bertz CT molecular complexity index is 1070. The van der Waals surface area contributed by atoms with Crippen LogP contribution in [0.3, 0.4) is 0 Å². The molecule has 0 radical (unpaired) electrons. The molecule has 0 aliphatic rings. The summed E-state index contributed by atoms with van der Waals surface area (Å²) in [5.74, 6) is 0. The zero-order valence-corrected chi connectivity index (χ0v) is 18.5. The van der Waals surface area contributed by atoms with E-state index in [0.29, 0.717) is 0 Å². The number of hydrogen-bond donors (Lipinski definition) is 0. The Morgan fingerprint density at radius 1 is 0.303 bits per heavy atom. The topological polar surface area (TPSA) is 3.24 Å². The SMILES string of the molecule is c1ccc(C(c2ccccc2)N(c2ccccc2)C(c2ccccc2)c2ccccc2)cc1. The van der Waals surface area contributed by atoms with Gasteiger partial charge >= 0.3 is 0 Å². The molecule has 0 fully saturated rings. The summed E-state index contributed by atoms with van der Waals surface area (Å²) in [6.07, 6.45) is 0. The van der Waals surface area contributed by atoms with Crippen LogP contribution in [-0.2, 0) is 0 Å². The lowest BCUT2D eigenvalue weighted by atomic mass is 9.90. The smallest absolute Gasteiger partial charge is 0.0805 e. The molecule has 0 unspecified atom stereocenters. The van der Waals surface area contributed by atoms with Crippen molar-refractivity contribution in [3.8, 4) is 0 Å². The molecule has 0 amide bonds. The predicted molar refractivity (Wildman–Crippen MR) is 138 cm³/mol. The first-order valence-corrected chi connectivity index (χ1v) is 11.4. The quantitative estimate of drug-likeness (QED) is 0.255. The fraction of sp³-hybridized carbons (Fsp3) is 0.0625. The molecular formula is C32H27N. The Hall–Kier alpha value is -4.10. The fourth-order valence-electron chi connectivity index (χ4n) is 4.62. The minimum absolute atomic E-state index is 0.0419. The summed E-state index contributed by atoms with van der Waals surface area (Å²) in [4.78, 5) is 2.56. The summed E-state index contributed by atoms with van der Waals surface area (Å²) in [6, 6.07) is 54.2. The van der Waals surface area contributed by atoms with Crippen molar-refractivity contribution in [3.05, 3.63) is 174 Å². The van der Waals surface area contributed by atoms with Gasteiger partial charge in [-0.05, 0) is 34.4 Å². The molecule has 0 spiro atoms. The molecule has 33 heavy (non-hydrogen) atoms. The maximum atomic E-state index is 2.56. The molecule has 5 aromatic carbocycles. The third-order valence-corrected chi connectivity index (χ3v) is 6.07. The number of hydrogen-bond acceptors (Lipinski definition) is 1. The normalized spacial score (nSPS) is 11.0. The van der Waals surface area contributed by atoms with E-state index < -0.39 is 0 Å². The summed E-state index contributed by atoms with van der Waals surface area (Å²) in [5.41, 5.74) is 6.26. The lowest BCUT2D eigenvalue weighted by molar-refractivity contribution is 0.635. The van der Waals surface area contributed by atoms with Crippen molar-refractivity contribution in [1.82, 2.24) is 0 Å². The maximum Gasteiger partial charge on any atom is 0.0805 e. The standard InChI is InChI=1S/C32H27N/c1-6-16-26(17-7-1)31(27-18-8-2-9-19-27)33(30-24-14-5-15-25-30)32(28-20-10-3-11-21-28)29-22-12-4-13-23-29/h1-25,31-32H. The monoisotopic (exact) mass is 425 g/mol. The van der Waals surface area contributed by atoms with Crippen LogP contribution in [0.5, 0.6) is 0 Å². The largest absolute Gasteiger partial charge is 0.349 e. The Labute approximate surface area is 196 Å². The molecule has 5 rings (SSSR count). The Morgan fingerprint density at radius 3 is 0.818 bits per heavy atom. The number of nitrogens with zero attached hydrogens (tertiary/aromatic N) is 1. The van der Waals surface area contributed by atoms with Gasteiger partial charge in [0.1, 0.15) is 0 Å². The van der Waals surface area contributed by atoms with Crippen LogP contribution in [0.25, 0.3) is 0 Å². The van der Waals surface area contributed by atoms with Crippen LogP contribution in [-0.4, -0.2) is 0 Å². The molecule has 0 atom stereocenters. The highest BCUT2D eigenvalue weighted by Crippen LogP contribution is 2.42. The zero-order chi connectivity index (χ0) is 22.3. The van der Waals surface area contributed by atoms with Crippen molar-refractivity contribution in [3.63, 3.8) is 0 Å². The second-order valence-corrected chi connectivity index (χ2v) is 8.19. The third-order valence-electron chi connectivity index (χ3n) is 6.07. The summed E-state index contributed by atoms with van der Waals surface area (Å²) in [7, 11) is 0. The highest BCUT2D eigenvalue weighted by molar-refractivity contribution is 5.57. The highest BCUT2D eigenvalue weighted by Gasteiger charge is 2.31. The molecule has 0 aromatic heterocycles. The van der Waals surface area contributed by atoms with Crippen molar-refractivity contribution >= 4 is 5.69 Å². The average molecular weight is 426 g/mol. The van der Waals surface area contributed by atoms with Crippen LogP contribution in [0.2, 0.25) is 0 Å². The molecular weight excluding hydrogens is 398 g/mol. The van der Waals surface area contributed by atoms with Crippen molar-refractivity contribution in [1.29, 1.82) is 0 Å². The van der Waals surface area contributed by atoms with E-state index in [4.69, 9.17) is 0 Å². The second-order valence-electron chi connectivity index (χ2n) is 8.19. The maximum absolute atomic E-state index is 2.56. The molecule has 0 heterocycles. The molecule has 160 valence electrons. The van der Waals surface area contributed by atoms with Crippen LogP contribution in [0, 0.1) is 0 Å². The van der Waals surface area contributed by atoms with Gasteiger partial charge in [-0.2, -0.15) is 0 Å². The zero-order valence-electron chi connectivity index (χ0n) is 18.5. The van der Waals surface area contributed by atoms with Gasteiger partial charge < -0.3 is 4.90 Å². The Balaban J connectivity index is 1.79. The molecule has 1 heteroatoms. The summed E-state index contributed by atoms with van der Waals surface area (Å²) < 4.78 is 0. The van der Waals surface area contributed by atoms with Gasteiger partial charge in [0.15, 0.2) is 0 Å². The molecule has 0 saturated heterocycles. The summed E-state index contributed by atoms with van der Waals surface area (Å²) in [5, 5.41) is 0. The van der Waals surface area contributed by atoms with Gasteiger partial charge in [-0.1, -0.05) is 140 Å². The van der Waals surface area contributed by atoms with Gasteiger partial charge in [0.05, 0.1) is 12.1 Å². The van der Waals surface area contributed by atoms with Crippen molar-refractivity contribution < 1.29 is 0 Å². The minimum Gasteiger partial charge on any atom is -0.349 e. The minimum atomic E-state index is 0.0419. The van der Waals surface area contributed by atoms with Gasteiger partial charge in [0.2, 0.25) is 0 Å². The lowest BCUT2D eigenvalue weighted by Gasteiger charge is -2.41. The van der Waals surface area contributed by atoms with Crippen LogP contribution in [0.15, 0.2) is 152 Å². The van der Waals surface area contributed by atoms with E-state index in [9.17, 15) is 0 Å². The van der Waals surface area contributed by atoms with Crippen molar-refractivity contribution in [2.45, 2.75) is 12.1 Å². The average Bonchev–Trinajstić information content (AvgIpc) is 2.91. The predicted octanol–water partition coefficient (Wildman–Crippen LogP) is 8.07. The van der Waals surface area contributed by atoms with E-state index in [1.54, 1.807) is 0 Å². The van der Waals surface area contributed by atoms with Gasteiger partial charge in [-0.15, -0.1) is 0 Å². The Kier molecular flexibility index (Phi) is 6.31. The first kappa shape index (κ1) is 20.8. The number of benzene rings is 5. The van der Waals surface area contributed by atoms with Crippen LogP contribution >= 0.6 is 0 Å². The van der Waals surface area contributed by atoms with Crippen LogP contribution in [0.4, 0.5) is 5.69 Å². The summed E-state index contributed by atoms with van der Waals surface area (Å²) in [6.45, 7) is 0. The molecule has 0 aliphatic heterocycles. The Morgan fingerprint density at radius 2 is 0.545 bits per heavy atom. The molecule has 1 nitrogen and oxygen atoms in total. The molecule has 0 bridgehead atoms. The van der Waals surface area contributed by atoms with E-state index in [-0.39, 0.29) is 12.1 Å². The molecule has 0 saturated carbocycles. The van der Waals surface area contributed by atoms with Gasteiger partial charge in [0, 0.05) is 5.69 Å². The van der Waals surface area contributed by atoms with Crippen molar-refractivity contribution in [2.75, 3.05) is 4.90 Å². The number of anilines is 1. The van der Waals surface area contributed by atoms with Gasteiger partial charge in [0.25, 0.3) is 0 Å². The van der Waals surface area contributed by atoms with Crippen LogP contribution < -0.4 is 4.90 Å². The first-order chi connectivity index (χ1) is 16.4. The molecule has 0 aliphatic carbocycles.